The molecule has 3 aromatic rings. The molecule has 0 atom stereocenters. The van der Waals surface area contributed by atoms with E-state index in [0.717, 1.165) is 6.33 Å². The van der Waals surface area contributed by atoms with E-state index in [4.69, 9.17) is 0 Å². The summed E-state index contributed by atoms with van der Waals surface area (Å²) < 4.78 is 80.9. The van der Waals surface area contributed by atoms with E-state index in [9.17, 15) is 26.3 Å². The van der Waals surface area contributed by atoms with Crippen LogP contribution in [-0.2, 0) is 5.92 Å². The lowest BCUT2D eigenvalue weighted by Crippen LogP contribution is -2.44. The van der Waals surface area contributed by atoms with Crippen LogP contribution in [0, 0.1) is 5.82 Å². The Morgan fingerprint density at radius 3 is 2.41 bits per heavy atom. The molecular formula is C15H12F6N6. The van der Waals surface area contributed by atoms with Crippen molar-refractivity contribution in [3.63, 3.8) is 0 Å². The van der Waals surface area contributed by atoms with Crippen LogP contribution in [0.2, 0.25) is 0 Å². The molecule has 1 saturated heterocycles. The molecule has 144 valence electrons. The van der Waals surface area contributed by atoms with E-state index in [2.05, 4.69) is 20.4 Å². The van der Waals surface area contributed by atoms with Gasteiger partial charge in [-0.2, -0.15) is 31.6 Å². The third-order valence-electron chi connectivity index (χ3n) is 4.38. The number of anilines is 1. The van der Waals surface area contributed by atoms with Crippen molar-refractivity contribution in [2.75, 3.05) is 31.1 Å². The molecule has 4 rings (SSSR count). The Labute approximate surface area is 147 Å². The fraction of sp³-hybridized carbons (Fsp3) is 0.400. The van der Waals surface area contributed by atoms with E-state index >= 15 is 0 Å². The Balaban J connectivity index is 1.95. The molecule has 0 amide bonds. The molecule has 3 heterocycles. The standard InChI is InChI=1S/C15H12F6N6/c16-10-6-11-8(5-9(10)14(17,18)15(19,20)21)12-23-7-24-27(12)13(25-11)26-3-1-22-2-4-26/h5-7,22H,1-4H2. The van der Waals surface area contributed by atoms with Gasteiger partial charge in [0.05, 0.1) is 11.1 Å². The Kier molecular flexibility index (Phi) is 3.91. The normalized spacial score (nSPS) is 16.4. The monoisotopic (exact) mass is 390 g/mol. The largest absolute Gasteiger partial charge is 0.458 e. The van der Waals surface area contributed by atoms with Crippen molar-refractivity contribution in [3.8, 4) is 0 Å². The van der Waals surface area contributed by atoms with Crippen LogP contribution in [0.25, 0.3) is 16.6 Å². The predicted octanol–water partition coefficient (Wildman–Crippen LogP) is 2.48. The second kappa shape index (κ2) is 5.94. The summed E-state index contributed by atoms with van der Waals surface area (Å²) in [5.41, 5.74) is -1.83. The molecule has 0 unspecified atom stereocenters. The lowest BCUT2D eigenvalue weighted by molar-refractivity contribution is -0.290. The van der Waals surface area contributed by atoms with E-state index in [1.165, 1.54) is 4.52 Å². The first-order valence-corrected chi connectivity index (χ1v) is 7.94. The first-order valence-electron chi connectivity index (χ1n) is 7.94. The maximum Gasteiger partial charge on any atom is 0.458 e. The molecule has 6 nitrogen and oxygen atoms in total. The summed E-state index contributed by atoms with van der Waals surface area (Å²) in [6, 6.07) is 1.02. The lowest BCUT2D eigenvalue weighted by Gasteiger charge is -2.28. The topological polar surface area (TPSA) is 58.4 Å². The predicted molar refractivity (Wildman–Crippen MR) is 83.3 cm³/mol. The minimum absolute atomic E-state index is 0.0211. The number of aromatic nitrogens is 4. The van der Waals surface area contributed by atoms with Gasteiger partial charge in [0.15, 0.2) is 5.65 Å². The van der Waals surface area contributed by atoms with Crippen molar-refractivity contribution < 1.29 is 26.3 Å². The summed E-state index contributed by atoms with van der Waals surface area (Å²) in [6.07, 6.45) is -4.80. The van der Waals surface area contributed by atoms with Gasteiger partial charge < -0.3 is 10.2 Å². The molecule has 1 fully saturated rings. The van der Waals surface area contributed by atoms with Gasteiger partial charge in [-0.05, 0) is 6.07 Å². The molecule has 2 aromatic heterocycles. The van der Waals surface area contributed by atoms with Crippen LogP contribution in [0.15, 0.2) is 18.5 Å². The number of rotatable bonds is 2. The lowest BCUT2D eigenvalue weighted by atomic mass is 10.0. The van der Waals surface area contributed by atoms with Gasteiger partial charge in [0.25, 0.3) is 0 Å². The highest BCUT2D eigenvalue weighted by atomic mass is 19.4. The van der Waals surface area contributed by atoms with Crippen molar-refractivity contribution in [2.45, 2.75) is 12.1 Å². The highest BCUT2D eigenvalue weighted by molar-refractivity contribution is 5.93. The Hall–Kier alpha value is -2.63. The van der Waals surface area contributed by atoms with Crippen LogP contribution in [0.4, 0.5) is 32.3 Å². The van der Waals surface area contributed by atoms with Gasteiger partial charge in [-0.25, -0.2) is 14.4 Å². The molecule has 0 radical (unpaired) electrons. The molecule has 0 spiro atoms. The van der Waals surface area contributed by atoms with Gasteiger partial charge in [-0.15, -0.1) is 0 Å². The van der Waals surface area contributed by atoms with Crippen LogP contribution in [0.3, 0.4) is 0 Å². The Morgan fingerprint density at radius 1 is 1.04 bits per heavy atom. The molecule has 0 bridgehead atoms. The van der Waals surface area contributed by atoms with Crippen molar-refractivity contribution in [3.05, 3.63) is 29.8 Å². The molecule has 1 aromatic carbocycles. The molecular weight excluding hydrogens is 378 g/mol. The van der Waals surface area contributed by atoms with Crippen molar-refractivity contribution >= 4 is 22.5 Å². The van der Waals surface area contributed by atoms with E-state index in [-0.39, 0.29) is 16.6 Å². The first kappa shape index (κ1) is 17.8. The quantitative estimate of drug-likeness (QED) is 0.682. The Bertz CT molecular complexity index is 1010. The second-order valence-corrected chi connectivity index (χ2v) is 6.07. The zero-order valence-electron chi connectivity index (χ0n) is 13.6. The number of alkyl halides is 5. The number of fused-ring (bicyclic) bond motifs is 3. The van der Waals surface area contributed by atoms with Crippen molar-refractivity contribution in [1.29, 1.82) is 0 Å². The third-order valence-corrected chi connectivity index (χ3v) is 4.38. The minimum Gasteiger partial charge on any atom is -0.338 e. The third kappa shape index (κ3) is 2.74. The maximum absolute atomic E-state index is 14.2. The van der Waals surface area contributed by atoms with E-state index in [1.807, 2.05) is 4.90 Å². The van der Waals surface area contributed by atoms with Crippen molar-refractivity contribution in [2.24, 2.45) is 0 Å². The van der Waals surface area contributed by atoms with Gasteiger partial charge in [-0.3, -0.25) is 0 Å². The molecule has 27 heavy (non-hydrogen) atoms. The second-order valence-electron chi connectivity index (χ2n) is 6.07. The highest BCUT2D eigenvalue weighted by Gasteiger charge is 2.60. The van der Waals surface area contributed by atoms with Gasteiger partial charge in [0.2, 0.25) is 5.95 Å². The number of nitrogens with zero attached hydrogens (tertiary/aromatic N) is 5. The fourth-order valence-corrected chi connectivity index (χ4v) is 3.02. The van der Waals surface area contributed by atoms with Crippen LogP contribution in [0.1, 0.15) is 5.56 Å². The van der Waals surface area contributed by atoms with E-state index in [0.29, 0.717) is 44.3 Å². The van der Waals surface area contributed by atoms with Gasteiger partial charge in [0.1, 0.15) is 12.1 Å². The maximum atomic E-state index is 14.2. The van der Waals surface area contributed by atoms with Crippen LogP contribution in [-0.4, -0.2) is 51.9 Å². The molecule has 0 aliphatic carbocycles. The smallest absolute Gasteiger partial charge is 0.338 e. The average molecular weight is 390 g/mol. The Morgan fingerprint density at radius 2 is 1.74 bits per heavy atom. The highest BCUT2D eigenvalue weighted by Crippen LogP contribution is 2.45. The average Bonchev–Trinajstić information content (AvgIpc) is 3.10. The van der Waals surface area contributed by atoms with Gasteiger partial charge in [0, 0.05) is 37.6 Å². The van der Waals surface area contributed by atoms with Crippen LogP contribution >= 0.6 is 0 Å². The number of hydrogen-bond acceptors (Lipinski definition) is 5. The summed E-state index contributed by atoms with van der Waals surface area (Å²) in [4.78, 5) is 10.0. The van der Waals surface area contributed by atoms with Crippen LogP contribution in [0.5, 0.6) is 0 Å². The fourth-order valence-electron chi connectivity index (χ4n) is 3.02. The van der Waals surface area contributed by atoms with E-state index < -0.39 is 23.5 Å². The number of hydrogen-bond donors (Lipinski definition) is 1. The zero-order valence-corrected chi connectivity index (χ0v) is 13.6. The van der Waals surface area contributed by atoms with Gasteiger partial charge in [-0.1, -0.05) is 0 Å². The molecule has 0 saturated carbocycles. The summed E-state index contributed by atoms with van der Waals surface area (Å²) in [7, 11) is 0. The minimum atomic E-state index is -5.93. The van der Waals surface area contributed by atoms with E-state index in [1.54, 1.807) is 0 Å². The summed E-state index contributed by atoms with van der Waals surface area (Å²) in [5.74, 6) is -6.72. The first-order chi connectivity index (χ1) is 12.7. The number of nitrogens with one attached hydrogen (secondary N) is 1. The number of halogens is 6. The molecule has 12 heteroatoms. The summed E-state index contributed by atoms with van der Waals surface area (Å²) >= 11 is 0. The summed E-state index contributed by atoms with van der Waals surface area (Å²) in [6.45, 7) is 2.47. The molecule has 1 aliphatic heterocycles. The van der Waals surface area contributed by atoms with Crippen LogP contribution < -0.4 is 10.2 Å². The summed E-state index contributed by atoms with van der Waals surface area (Å²) in [5, 5.41) is 6.98. The van der Waals surface area contributed by atoms with Gasteiger partial charge >= 0.3 is 12.1 Å². The number of benzene rings is 1. The zero-order chi connectivity index (χ0) is 19.4. The molecule has 1 N–H and O–H groups in total. The number of piperazine rings is 1. The molecule has 1 aliphatic rings. The van der Waals surface area contributed by atoms with Crippen molar-refractivity contribution in [1.82, 2.24) is 24.9 Å². The SMILES string of the molecule is Fc1cc2nc(N3CCNCC3)n3ncnc3c2cc1C(F)(F)C(F)(F)F.